The van der Waals surface area contributed by atoms with E-state index in [0.717, 1.165) is 47.7 Å². The van der Waals surface area contributed by atoms with E-state index in [-0.39, 0.29) is 0 Å². The van der Waals surface area contributed by atoms with Gasteiger partial charge < -0.3 is 19.4 Å². The molecule has 0 aliphatic carbocycles. The van der Waals surface area contributed by atoms with E-state index >= 15 is 0 Å². The lowest BCUT2D eigenvalue weighted by Crippen LogP contribution is -2.54. The number of hydrogen-bond acceptors (Lipinski definition) is 5. The number of pyridine rings is 1. The highest BCUT2D eigenvalue weighted by molar-refractivity contribution is 5.82. The molecule has 0 amide bonds. The number of ether oxygens (including phenoxy) is 1. The van der Waals surface area contributed by atoms with Crippen LogP contribution in [0.4, 0.5) is 5.69 Å². The summed E-state index contributed by atoms with van der Waals surface area (Å²) in [5, 5.41) is 3.54. The van der Waals surface area contributed by atoms with Crippen molar-refractivity contribution in [2.75, 3.05) is 18.0 Å². The molecule has 1 aliphatic rings. The van der Waals surface area contributed by atoms with Gasteiger partial charge in [-0.05, 0) is 68.7 Å². The Hall–Kier alpha value is -3.12. The van der Waals surface area contributed by atoms with Crippen LogP contribution in [-0.2, 0) is 11.2 Å². The van der Waals surface area contributed by atoms with Crippen LogP contribution in [0.15, 0.2) is 42.7 Å². The number of carbonyl (C=O) groups is 1. The molecule has 1 aliphatic heterocycles. The third-order valence-corrected chi connectivity index (χ3v) is 5.80. The molecule has 0 saturated carbocycles. The number of aryl methyl sites for hydroxylation is 1. The minimum absolute atomic E-state index is 0.407. The van der Waals surface area contributed by atoms with E-state index in [1.54, 1.807) is 0 Å². The monoisotopic (exact) mass is 418 g/mol. The van der Waals surface area contributed by atoms with Crippen molar-refractivity contribution in [3.63, 3.8) is 0 Å². The van der Waals surface area contributed by atoms with Gasteiger partial charge in [-0.15, -0.1) is 0 Å². The Morgan fingerprint density at radius 2 is 2.00 bits per heavy atom. The summed E-state index contributed by atoms with van der Waals surface area (Å²) in [7, 11) is 0. The topological polar surface area (TPSA) is 58.9 Å². The second kappa shape index (κ2) is 8.94. The predicted octanol–water partition coefficient (Wildman–Crippen LogP) is 4.18. The number of aromatic nitrogens is 2. The molecule has 1 aromatic carbocycles. The maximum atomic E-state index is 11.2. The number of allylic oxidation sites excluding steroid dienone is 1. The van der Waals surface area contributed by atoms with Crippen molar-refractivity contribution in [2.45, 2.75) is 46.2 Å². The normalized spacial score (nSPS) is 19.6. The number of piperazine rings is 1. The molecule has 1 N–H and O–H groups in total. The quantitative estimate of drug-likeness (QED) is 0.609. The van der Waals surface area contributed by atoms with Crippen molar-refractivity contribution in [1.29, 1.82) is 0 Å². The zero-order valence-electron chi connectivity index (χ0n) is 18.6. The molecule has 3 heterocycles. The van der Waals surface area contributed by atoms with Crippen LogP contribution in [0.3, 0.4) is 0 Å². The summed E-state index contributed by atoms with van der Waals surface area (Å²) in [6.45, 7) is 10.9. The molecule has 6 nitrogen and oxygen atoms in total. The van der Waals surface area contributed by atoms with Gasteiger partial charge in [0.2, 0.25) is 0 Å². The summed E-state index contributed by atoms with van der Waals surface area (Å²) in [5.74, 6) is 0.558. The maximum Gasteiger partial charge on any atom is 0.298 e. The van der Waals surface area contributed by atoms with E-state index in [1.165, 1.54) is 5.56 Å². The highest BCUT2D eigenvalue weighted by Gasteiger charge is 2.22. The zero-order chi connectivity index (χ0) is 22.0. The van der Waals surface area contributed by atoms with Gasteiger partial charge in [-0.2, -0.15) is 0 Å². The minimum Gasteiger partial charge on any atom is -0.428 e. The van der Waals surface area contributed by atoms with Gasteiger partial charge in [-0.3, -0.25) is 4.79 Å². The van der Waals surface area contributed by atoms with Crippen molar-refractivity contribution < 1.29 is 9.53 Å². The van der Waals surface area contributed by atoms with E-state index in [1.807, 2.05) is 41.9 Å². The third kappa shape index (κ3) is 4.64. The van der Waals surface area contributed by atoms with Crippen molar-refractivity contribution >= 4 is 29.5 Å². The van der Waals surface area contributed by atoms with Crippen molar-refractivity contribution in [2.24, 2.45) is 0 Å². The Kier molecular flexibility index (Phi) is 6.09. The number of nitrogens with one attached hydrogen (secondary N) is 1. The first kappa shape index (κ1) is 21.1. The van der Waals surface area contributed by atoms with Gasteiger partial charge in [0.05, 0.1) is 5.69 Å². The Morgan fingerprint density at radius 1 is 1.23 bits per heavy atom. The summed E-state index contributed by atoms with van der Waals surface area (Å²) < 4.78 is 7.39. The number of rotatable bonds is 6. The fourth-order valence-corrected chi connectivity index (χ4v) is 4.27. The summed E-state index contributed by atoms with van der Waals surface area (Å²) in [6, 6.07) is 11.1. The van der Waals surface area contributed by atoms with Crippen LogP contribution in [0.2, 0.25) is 0 Å². The van der Waals surface area contributed by atoms with E-state index in [9.17, 15) is 4.79 Å². The molecule has 0 bridgehead atoms. The van der Waals surface area contributed by atoms with Gasteiger partial charge in [0.15, 0.2) is 0 Å². The summed E-state index contributed by atoms with van der Waals surface area (Å²) in [5.41, 5.74) is 6.03. The lowest BCUT2D eigenvalue weighted by molar-refractivity contribution is -0.120. The van der Waals surface area contributed by atoms with Gasteiger partial charge in [0.25, 0.3) is 6.47 Å². The van der Waals surface area contributed by atoms with E-state index in [4.69, 9.17) is 9.72 Å². The molecule has 0 radical (unpaired) electrons. The lowest BCUT2D eigenvalue weighted by atomic mass is 10.1. The van der Waals surface area contributed by atoms with Crippen LogP contribution in [0.25, 0.3) is 17.3 Å². The van der Waals surface area contributed by atoms with Crippen molar-refractivity contribution in [1.82, 2.24) is 14.7 Å². The molecule has 4 rings (SSSR count). The predicted molar refractivity (Wildman–Crippen MR) is 126 cm³/mol. The molecule has 2 aromatic heterocycles. The van der Waals surface area contributed by atoms with Crippen molar-refractivity contribution in [3.8, 4) is 5.75 Å². The number of nitrogens with zero attached hydrogens (tertiary/aromatic N) is 3. The van der Waals surface area contributed by atoms with E-state index < -0.39 is 0 Å². The van der Waals surface area contributed by atoms with Crippen molar-refractivity contribution in [3.05, 3.63) is 59.5 Å². The van der Waals surface area contributed by atoms with Crippen LogP contribution < -0.4 is 15.0 Å². The number of carbonyl (C=O) groups excluding carboxylic acids is 1. The molecule has 2 unspecified atom stereocenters. The molecule has 0 spiro atoms. The first-order chi connectivity index (χ1) is 15.0. The minimum atomic E-state index is 0.407. The van der Waals surface area contributed by atoms with Gasteiger partial charge in [0, 0.05) is 54.9 Å². The highest BCUT2D eigenvalue weighted by Crippen LogP contribution is 2.30. The number of imidazole rings is 1. The van der Waals surface area contributed by atoms with Crippen LogP contribution in [0.5, 0.6) is 5.75 Å². The first-order valence-electron chi connectivity index (χ1n) is 10.9. The Labute approximate surface area is 183 Å². The fraction of sp³-hybridized carbons (Fsp3) is 0.360. The SMILES string of the molecule is CCc1ccn2cc(/C(C)=C/c3ccc(N4CC(C)NC(C)C4)cc3OC=O)nc2c1. The fourth-order valence-electron chi connectivity index (χ4n) is 4.27. The van der Waals surface area contributed by atoms with E-state index in [0.29, 0.717) is 24.3 Å². The maximum absolute atomic E-state index is 11.2. The lowest BCUT2D eigenvalue weighted by Gasteiger charge is -2.37. The second-order valence-electron chi connectivity index (χ2n) is 8.42. The summed E-state index contributed by atoms with van der Waals surface area (Å²) in [4.78, 5) is 18.3. The van der Waals surface area contributed by atoms with Gasteiger partial charge in [-0.25, -0.2) is 4.98 Å². The highest BCUT2D eigenvalue weighted by atomic mass is 16.5. The van der Waals surface area contributed by atoms with E-state index in [2.05, 4.69) is 49.2 Å². The smallest absolute Gasteiger partial charge is 0.298 e. The second-order valence-corrected chi connectivity index (χ2v) is 8.42. The molecule has 31 heavy (non-hydrogen) atoms. The standard InChI is InChI=1S/C25H30N4O2/c1-5-20-8-9-28-15-23(27-25(28)11-20)17(2)10-21-6-7-22(12-24(21)31-16-30)29-13-18(3)26-19(4)14-29/h6-12,15-16,18-19,26H,5,13-14H2,1-4H3/b17-10+. The Bertz CT molecular complexity index is 1110. The average molecular weight is 419 g/mol. The number of fused-ring (bicyclic) bond motifs is 1. The number of benzene rings is 1. The van der Waals surface area contributed by atoms with Gasteiger partial charge in [0.1, 0.15) is 11.4 Å². The summed E-state index contributed by atoms with van der Waals surface area (Å²) >= 11 is 0. The molecular weight excluding hydrogens is 388 g/mol. The average Bonchev–Trinajstić information content (AvgIpc) is 3.18. The molecule has 162 valence electrons. The molecule has 6 heteroatoms. The van der Waals surface area contributed by atoms with Gasteiger partial charge >= 0.3 is 0 Å². The van der Waals surface area contributed by atoms with Gasteiger partial charge in [-0.1, -0.05) is 6.92 Å². The number of anilines is 1. The van der Waals surface area contributed by atoms with Crippen LogP contribution in [-0.4, -0.2) is 41.0 Å². The van der Waals surface area contributed by atoms with Crippen LogP contribution >= 0.6 is 0 Å². The Morgan fingerprint density at radius 3 is 2.71 bits per heavy atom. The molecule has 1 fully saturated rings. The molecular formula is C25H30N4O2. The molecule has 1 saturated heterocycles. The zero-order valence-corrected chi connectivity index (χ0v) is 18.6. The first-order valence-corrected chi connectivity index (χ1v) is 10.9. The Balaban J connectivity index is 1.65. The summed E-state index contributed by atoms with van der Waals surface area (Å²) in [6.07, 6.45) is 7.08. The molecule has 3 aromatic rings. The molecule has 2 atom stereocenters. The number of hydrogen-bond donors (Lipinski definition) is 1. The third-order valence-electron chi connectivity index (χ3n) is 5.80. The largest absolute Gasteiger partial charge is 0.428 e. The van der Waals surface area contributed by atoms with Crippen LogP contribution in [0.1, 0.15) is 44.5 Å². The van der Waals surface area contributed by atoms with Crippen LogP contribution in [0, 0.1) is 0 Å².